The summed E-state index contributed by atoms with van der Waals surface area (Å²) in [4.78, 5) is 34.4. The number of benzene rings is 2. The Hall–Kier alpha value is -3.91. The molecule has 0 fully saturated rings. The van der Waals surface area contributed by atoms with E-state index in [0.29, 0.717) is 17.7 Å². The van der Waals surface area contributed by atoms with E-state index in [4.69, 9.17) is 15.6 Å². The molecule has 166 valence electrons. The van der Waals surface area contributed by atoms with Crippen molar-refractivity contribution in [1.82, 2.24) is 4.57 Å². The second-order valence-electron chi connectivity index (χ2n) is 7.36. The summed E-state index contributed by atoms with van der Waals surface area (Å²) >= 11 is 0. The van der Waals surface area contributed by atoms with Crippen molar-refractivity contribution in [1.29, 1.82) is 0 Å². The number of amides is 2. The van der Waals surface area contributed by atoms with Crippen molar-refractivity contribution in [3.05, 3.63) is 71.4 Å². The maximum atomic E-state index is 11.7. The fourth-order valence-corrected chi connectivity index (χ4v) is 3.53. The van der Waals surface area contributed by atoms with Gasteiger partial charge in [-0.25, -0.2) is 0 Å². The lowest BCUT2D eigenvalue weighted by molar-refractivity contribution is -0.137. The monoisotopic (exact) mass is 435 g/mol. The lowest BCUT2D eigenvalue weighted by Crippen LogP contribution is -2.16. The number of aliphatic carboxylic acids is 1. The molecule has 0 aliphatic heterocycles. The fourth-order valence-electron chi connectivity index (χ4n) is 3.53. The SMILES string of the molecule is COCC(=O)Nc1ccc(-c2ccc(CCC(=O)O)n2-c2ccc(C(N)=O)cc2C)cc1. The normalized spacial score (nSPS) is 10.7. The smallest absolute Gasteiger partial charge is 0.303 e. The Balaban J connectivity index is 2.02. The van der Waals surface area contributed by atoms with Gasteiger partial charge in [0, 0.05) is 29.7 Å². The van der Waals surface area contributed by atoms with E-state index >= 15 is 0 Å². The highest BCUT2D eigenvalue weighted by atomic mass is 16.5. The Labute approximate surface area is 185 Å². The summed E-state index contributed by atoms with van der Waals surface area (Å²) in [7, 11) is 1.46. The van der Waals surface area contributed by atoms with Crippen LogP contribution in [0.25, 0.3) is 16.9 Å². The Morgan fingerprint density at radius 3 is 2.38 bits per heavy atom. The number of hydrogen-bond donors (Lipinski definition) is 3. The molecule has 0 aliphatic rings. The average molecular weight is 435 g/mol. The summed E-state index contributed by atoms with van der Waals surface area (Å²) in [6.07, 6.45) is 0.337. The minimum absolute atomic E-state index is 0.00760. The number of carbonyl (C=O) groups excluding carboxylic acids is 2. The van der Waals surface area contributed by atoms with Crippen LogP contribution in [0, 0.1) is 6.92 Å². The number of anilines is 1. The second-order valence-corrected chi connectivity index (χ2v) is 7.36. The molecule has 0 aliphatic carbocycles. The van der Waals surface area contributed by atoms with Crippen molar-refractivity contribution >= 4 is 23.5 Å². The number of nitrogens with zero attached hydrogens (tertiary/aromatic N) is 1. The van der Waals surface area contributed by atoms with Crippen molar-refractivity contribution in [2.75, 3.05) is 19.0 Å². The predicted molar refractivity (Wildman–Crippen MR) is 121 cm³/mol. The first-order valence-corrected chi connectivity index (χ1v) is 10.0. The van der Waals surface area contributed by atoms with Gasteiger partial charge < -0.3 is 25.5 Å². The largest absolute Gasteiger partial charge is 0.481 e. The van der Waals surface area contributed by atoms with Crippen LogP contribution in [0.2, 0.25) is 0 Å². The van der Waals surface area contributed by atoms with Gasteiger partial charge in [0.15, 0.2) is 0 Å². The Bertz CT molecular complexity index is 1150. The van der Waals surface area contributed by atoms with Crippen molar-refractivity contribution in [3.8, 4) is 16.9 Å². The van der Waals surface area contributed by atoms with Crippen LogP contribution < -0.4 is 11.1 Å². The van der Waals surface area contributed by atoms with Crippen LogP contribution in [0.15, 0.2) is 54.6 Å². The molecule has 3 rings (SSSR count). The van der Waals surface area contributed by atoms with Crippen LogP contribution in [-0.2, 0) is 20.7 Å². The van der Waals surface area contributed by atoms with Gasteiger partial charge in [0.2, 0.25) is 11.8 Å². The molecule has 3 aromatic rings. The first-order valence-electron chi connectivity index (χ1n) is 10.0. The van der Waals surface area contributed by atoms with Gasteiger partial charge in [-0.2, -0.15) is 0 Å². The lowest BCUT2D eigenvalue weighted by Gasteiger charge is -2.17. The van der Waals surface area contributed by atoms with Crippen LogP contribution >= 0.6 is 0 Å². The van der Waals surface area contributed by atoms with Gasteiger partial charge in [-0.1, -0.05) is 12.1 Å². The van der Waals surface area contributed by atoms with Crippen LogP contribution in [-0.4, -0.2) is 41.2 Å². The minimum atomic E-state index is -0.878. The van der Waals surface area contributed by atoms with Crippen LogP contribution in [0.3, 0.4) is 0 Å². The number of carbonyl (C=O) groups is 3. The maximum absolute atomic E-state index is 11.7. The number of aromatic nitrogens is 1. The number of methoxy groups -OCH3 is 1. The molecule has 0 radical (unpaired) electrons. The van der Waals surface area contributed by atoms with E-state index in [1.54, 1.807) is 24.3 Å². The standard InChI is InChI=1S/C24H25N3O5/c1-15-13-17(24(25)31)5-10-20(15)27-19(9-12-23(29)30)8-11-21(27)16-3-6-18(7-4-16)26-22(28)14-32-2/h3-8,10-11,13H,9,12,14H2,1-2H3,(H2,25,31)(H,26,28)(H,29,30). The number of carboxylic acid groups (broad SMARTS) is 1. The highest BCUT2D eigenvalue weighted by molar-refractivity contribution is 5.93. The molecule has 8 nitrogen and oxygen atoms in total. The van der Waals surface area contributed by atoms with Gasteiger partial charge in [0.05, 0.1) is 12.1 Å². The molecule has 0 bridgehead atoms. The number of carboxylic acids is 1. The van der Waals surface area contributed by atoms with E-state index in [0.717, 1.165) is 28.2 Å². The van der Waals surface area contributed by atoms with Gasteiger partial charge in [-0.05, 0) is 66.9 Å². The zero-order chi connectivity index (χ0) is 23.3. The highest BCUT2D eigenvalue weighted by Crippen LogP contribution is 2.30. The number of nitrogens with one attached hydrogen (secondary N) is 1. The zero-order valence-electron chi connectivity index (χ0n) is 17.9. The summed E-state index contributed by atoms with van der Waals surface area (Å²) in [5.74, 6) is -1.63. The molecule has 2 amide bonds. The molecule has 1 heterocycles. The summed E-state index contributed by atoms with van der Waals surface area (Å²) in [5, 5.41) is 11.9. The van der Waals surface area contributed by atoms with Gasteiger partial charge in [-0.15, -0.1) is 0 Å². The van der Waals surface area contributed by atoms with E-state index in [1.165, 1.54) is 7.11 Å². The zero-order valence-corrected chi connectivity index (χ0v) is 17.9. The molecule has 32 heavy (non-hydrogen) atoms. The molecule has 4 N–H and O–H groups in total. The molecule has 2 aromatic carbocycles. The topological polar surface area (TPSA) is 124 Å². The molecule has 0 unspecified atom stereocenters. The number of aryl methyl sites for hydroxylation is 2. The van der Waals surface area contributed by atoms with Crippen molar-refractivity contribution in [2.45, 2.75) is 19.8 Å². The highest BCUT2D eigenvalue weighted by Gasteiger charge is 2.16. The van der Waals surface area contributed by atoms with Crippen LogP contribution in [0.5, 0.6) is 0 Å². The van der Waals surface area contributed by atoms with E-state index in [2.05, 4.69) is 5.32 Å². The molecular formula is C24H25N3O5. The Morgan fingerprint density at radius 2 is 1.78 bits per heavy atom. The molecule has 8 heteroatoms. The van der Waals surface area contributed by atoms with Gasteiger partial charge in [0.25, 0.3) is 0 Å². The quantitative estimate of drug-likeness (QED) is 0.476. The first kappa shape index (κ1) is 22.8. The predicted octanol–water partition coefficient (Wildman–Crippen LogP) is 3.15. The lowest BCUT2D eigenvalue weighted by atomic mass is 10.1. The molecule has 0 spiro atoms. The Morgan fingerprint density at radius 1 is 1.06 bits per heavy atom. The maximum Gasteiger partial charge on any atom is 0.303 e. The van der Waals surface area contributed by atoms with Crippen molar-refractivity contribution in [2.24, 2.45) is 5.73 Å². The molecule has 1 aromatic heterocycles. The summed E-state index contributed by atoms with van der Waals surface area (Å²) in [5.41, 5.74) is 10.7. The molecule has 0 saturated heterocycles. The number of nitrogens with two attached hydrogens (primary N) is 1. The van der Waals surface area contributed by atoms with E-state index in [9.17, 15) is 14.4 Å². The van der Waals surface area contributed by atoms with Gasteiger partial charge in [0.1, 0.15) is 6.61 Å². The third kappa shape index (κ3) is 5.22. The van der Waals surface area contributed by atoms with Crippen LogP contribution in [0.4, 0.5) is 5.69 Å². The number of ether oxygens (including phenoxy) is 1. The van der Waals surface area contributed by atoms with E-state index in [1.807, 2.05) is 41.8 Å². The van der Waals surface area contributed by atoms with E-state index in [-0.39, 0.29) is 18.9 Å². The fraction of sp³-hybridized carbons (Fsp3) is 0.208. The number of hydrogen-bond acceptors (Lipinski definition) is 4. The first-order chi connectivity index (χ1) is 15.3. The summed E-state index contributed by atoms with van der Waals surface area (Å²) in [6, 6.07) is 16.3. The number of primary amides is 1. The second kappa shape index (κ2) is 9.93. The number of rotatable bonds is 9. The van der Waals surface area contributed by atoms with Gasteiger partial charge in [-0.3, -0.25) is 14.4 Å². The minimum Gasteiger partial charge on any atom is -0.481 e. The summed E-state index contributed by atoms with van der Waals surface area (Å²) < 4.78 is 6.81. The van der Waals surface area contributed by atoms with Crippen molar-refractivity contribution < 1.29 is 24.2 Å². The van der Waals surface area contributed by atoms with Crippen LogP contribution in [0.1, 0.15) is 28.0 Å². The Kier molecular flexibility index (Phi) is 7.07. The molecule has 0 saturated carbocycles. The average Bonchev–Trinajstić information content (AvgIpc) is 3.16. The third-order valence-electron chi connectivity index (χ3n) is 5.02. The van der Waals surface area contributed by atoms with Crippen molar-refractivity contribution in [3.63, 3.8) is 0 Å². The summed E-state index contributed by atoms with van der Waals surface area (Å²) in [6.45, 7) is 1.85. The molecular weight excluding hydrogens is 410 g/mol. The third-order valence-corrected chi connectivity index (χ3v) is 5.02. The molecule has 0 atom stereocenters. The van der Waals surface area contributed by atoms with Gasteiger partial charge >= 0.3 is 5.97 Å². The van der Waals surface area contributed by atoms with E-state index < -0.39 is 11.9 Å².